The molecule has 1 unspecified atom stereocenters. The van der Waals surface area contributed by atoms with E-state index in [2.05, 4.69) is 14.9 Å². The van der Waals surface area contributed by atoms with Gasteiger partial charge in [-0.1, -0.05) is 44.5 Å². The molecule has 187 valence electrons. The number of rotatable bonds is 6. The third kappa shape index (κ3) is 5.22. The highest BCUT2D eigenvalue weighted by molar-refractivity contribution is 7.89. The van der Waals surface area contributed by atoms with Gasteiger partial charge in [0.1, 0.15) is 11.6 Å². The molecular formula is C25H29ClFN4O3S. The van der Waals surface area contributed by atoms with Gasteiger partial charge in [0.2, 0.25) is 0 Å². The van der Waals surface area contributed by atoms with Crippen LogP contribution in [-0.2, 0) is 20.2 Å². The largest absolute Gasteiger partial charge is 0.381 e. The Kier molecular flexibility index (Phi) is 6.96. The number of benzene rings is 2. The van der Waals surface area contributed by atoms with Gasteiger partial charge in [0.25, 0.3) is 10.0 Å². The average molecular weight is 520 g/mol. The summed E-state index contributed by atoms with van der Waals surface area (Å²) in [6.07, 6.45) is 0.811. The summed E-state index contributed by atoms with van der Waals surface area (Å²) in [7, 11) is -4.14. The van der Waals surface area contributed by atoms with E-state index in [1.165, 1.54) is 18.2 Å². The molecule has 4 rings (SSSR count). The number of hydrogen-bond acceptors (Lipinski definition) is 5. The molecule has 1 aliphatic rings. The van der Waals surface area contributed by atoms with Crippen LogP contribution in [0.25, 0.3) is 11.4 Å². The first kappa shape index (κ1) is 25.6. The molecule has 0 bridgehead atoms. The van der Waals surface area contributed by atoms with E-state index in [0.717, 1.165) is 23.9 Å². The van der Waals surface area contributed by atoms with Crippen LogP contribution in [0.4, 0.5) is 10.1 Å². The third-order valence-corrected chi connectivity index (χ3v) is 7.64. The molecule has 0 N–H and O–H groups in total. The summed E-state index contributed by atoms with van der Waals surface area (Å²) in [5, 5.41) is 8.57. The van der Waals surface area contributed by atoms with Crippen LogP contribution in [0.3, 0.4) is 0 Å². The monoisotopic (exact) mass is 519 g/mol. The summed E-state index contributed by atoms with van der Waals surface area (Å²) in [6.45, 7) is 11.2. The Morgan fingerprint density at radius 1 is 1.17 bits per heavy atom. The SMILES string of the molecule is CC(C)n1c(-c2cc(Cl)c(F)cc2[N]S(=O)(=O)c2ccc(C(C)(C)C)cc2)nnc1C1CCOC1. The Bertz CT molecular complexity index is 1330. The first-order valence-corrected chi connectivity index (χ1v) is 13.3. The number of ether oxygens (including phenoxy) is 1. The topological polar surface area (TPSA) is 88.2 Å². The van der Waals surface area contributed by atoms with Crippen LogP contribution < -0.4 is 4.72 Å². The van der Waals surface area contributed by atoms with E-state index in [1.807, 2.05) is 39.2 Å². The van der Waals surface area contributed by atoms with Gasteiger partial charge in [-0.15, -0.1) is 10.2 Å². The molecule has 1 radical (unpaired) electrons. The van der Waals surface area contributed by atoms with Crippen molar-refractivity contribution >= 4 is 27.3 Å². The van der Waals surface area contributed by atoms with Crippen molar-refractivity contribution in [1.29, 1.82) is 0 Å². The van der Waals surface area contributed by atoms with Gasteiger partial charge in [-0.2, -0.15) is 13.1 Å². The van der Waals surface area contributed by atoms with Gasteiger partial charge < -0.3 is 9.30 Å². The molecule has 35 heavy (non-hydrogen) atoms. The molecule has 7 nitrogen and oxygen atoms in total. The van der Waals surface area contributed by atoms with Gasteiger partial charge >= 0.3 is 0 Å². The van der Waals surface area contributed by atoms with Crippen molar-refractivity contribution in [3.63, 3.8) is 0 Å². The Balaban J connectivity index is 1.78. The Hall–Kier alpha value is -2.49. The zero-order chi connectivity index (χ0) is 25.5. The number of hydrogen-bond donors (Lipinski definition) is 0. The lowest BCUT2D eigenvalue weighted by Gasteiger charge is -2.19. The first-order chi connectivity index (χ1) is 16.4. The maximum Gasteiger partial charge on any atom is 0.282 e. The zero-order valence-electron chi connectivity index (χ0n) is 20.4. The summed E-state index contributed by atoms with van der Waals surface area (Å²) in [5.41, 5.74) is 1.06. The van der Waals surface area contributed by atoms with Gasteiger partial charge in [-0.3, -0.25) is 0 Å². The fourth-order valence-corrected chi connectivity index (χ4v) is 5.27. The van der Waals surface area contributed by atoms with Crippen LogP contribution in [0.2, 0.25) is 5.02 Å². The summed E-state index contributed by atoms with van der Waals surface area (Å²) in [5.74, 6) is 0.410. The van der Waals surface area contributed by atoms with Gasteiger partial charge in [-0.25, -0.2) is 4.39 Å². The van der Waals surface area contributed by atoms with Crippen molar-refractivity contribution in [3.05, 3.63) is 58.6 Å². The molecule has 3 aromatic rings. The molecule has 1 fully saturated rings. The molecule has 1 aliphatic heterocycles. The highest BCUT2D eigenvalue weighted by Crippen LogP contribution is 2.37. The summed E-state index contributed by atoms with van der Waals surface area (Å²) < 4.78 is 52.3. The van der Waals surface area contributed by atoms with Crippen LogP contribution in [0.15, 0.2) is 41.3 Å². The van der Waals surface area contributed by atoms with E-state index in [4.69, 9.17) is 16.3 Å². The standard InChI is InChI=1S/C25H29ClFN4O3S/c1-15(2)31-23(16-10-11-34-14-16)28-29-24(31)19-12-20(26)21(27)13-22(19)30-35(32,33)18-8-6-17(7-9-18)25(3,4)5/h6-9,12-13,15-16H,10-11,14H2,1-5H3. The minimum atomic E-state index is -4.14. The second-order valence-electron chi connectivity index (χ2n) is 10.0. The van der Waals surface area contributed by atoms with Crippen LogP contribution in [0.1, 0.15) is 64.4 Å². The molecule has 0 aliphatic carbocycles. The second-order valence-corrected chi connectivity index (χ2v) is 12.0. The predicted molar refractivity (Wildman–Crippen MR) is 133 cm³/mol. The van der Waals surface area contributed by atoms with Crippen molar-refractivity contribution in [2.75, 3.05) is 13.2 Å². The quantitative estimate of drug-likeness (QED) is 0.414. The zero-order valence-corrected chi connectivity index (χ0v) is 22.0. The molecule has 1 atom stereocenters. The molecule has 0 spiro atoms. The number of sulfonamides is 1. The van der Waals surface area contributed by atoms with Crippen molar-refractivity contribution in [3.8, 4) is 11.4 Å². The molecule has 0 amide bonds. The van der Waals surface area contributed by atoms with Gasteiger partial charge in [0.05, 0.1) is 22.2 Å². The maximum atomic E-state index is 14.5. The minimum Gasteiger partial charge on any atom is -0.381 e. The van der Waals surface area contributed by atoms with Crippen molar-refractivity contribution < 1.29 is 17.5 Å². The fraction of sp³-hybridized carbons (Fsp3) is 0.440. The van der Waals surface area contributed by atoms with Gasteiger partial charge in [-0.05, 0) is 49.4 Å². The molecule has 0 saturated carbocycles. The molecule has 10 heteroatoms. The van der Waals surface area contributed by atoms with Crippen LogP contribution in [0.5, 0.6) is 0 Å². The maximum absolute atomic E-state index is 14.5. The normalized spacial score (nSPS) is 16.7. The molecule has 2 heterocycles. The third-order valence-electron chi connectivity index (χ3n) is 6.05. The van der Waals surface area contributed by atoms with E-state index >= 15 is 0 Å². The molecule has 1 saturated heterocycles. The van der Waals surface area contributed by atoms with Crippen molar-refractivity contribution in [2.24, 2.45) is 0 Å². The van der Waals surface area contributed by atoms with Gasteiger partial charge in [0.15, 0.2) is 5.82 Å². The number of aromatic nitrogens is 3. The lowest BCUT2D eigenvalue weighted by molar-refractivity contribution is 0.192. The highest BCUT2D eigenvalue weighted by atomic mass is 35.5. The van der Waals surface area contributed by atoms with E-state index in [0.29, 0.717) is 19.0 Å². The Labute approximate surface area is 210 Å². The number of halogens is 2. The summed E-state index contributed by atoms with van der Waals surface area (Å²) in [4.78, 5) is 0.0147. The molecule has 2 aromatic carbocycles. The minimum absolute atomic E-state index is 0.0147. The van der Waals surface area contributed by atoms with E-state index in [1.54, 1.807) is 12.1 Å². The average Bonchev–Trinajstić information content (AvgIpc) is 3.45. The second kappa shape index (κ2) is 9.52. The molecular weight excluding hydrogens is 491 g/mol. The smallest absolute Gasteiger partial charge is 0.282 e. The van der Waals surface area contributed by atoms with Gasteiger partial charge in [0, 0.05) is 30.2 Å². The Morgan fingerprint density at radius 2 is 1.86 bits per heavy atom. The van der Waals surface area contributed by atoms with Crippen LogP contribution >= 0.6 is 11.6 Å². The van der Waals surface area contributed by atoms with E-state index < -0.39 is 15.8 Å². The van der Waals surface area contributed by atoms with Crippen LogP contribution in [0, 0.1) is 5.82 Å². The van der Waals surface area contributed by atoms with Crippen LogP contribution in [-0.4, -0.2) is 36.4 Å². The predicted octanol–water partition coefficient (Wildman–Crippen LogP) is 5.74. The highest BCUT2D eigenvalue weighted by Gasteiger charge is 2.29. The fourth-order valence-electron chi connectivity index (χ4n) is 4.11. The lowest BCUT2D eigenvalue weighted by Crippen LogP contribution is -2.16. The van der Waals surface area contributed by atoms with E-state index in [-0.39, 0.29) is 38.5 Å². The number of nitrogens with zero attached hydrogens (tertiary/aromatic N) is 4. The van der Waals surface area contributed by atoms with Crippen molar-refractivity contribution in [2.45, 2.75) is 63.3 Å². The van der Waals surface area contributed by atoms with E-state index in [9.17, 15) is 12.8 Å². The molecule has 1 aromatic heterocycles. The Morgan fingerprint density at radius 3 is 2.43 bits per heavy atom. The van der Waals surface area contributed by atoms with Crippen molar-refractivity contribution in [1.82, 2.24) is 19.5 Å². The lowest BCUT2D eigenvalue weighted by atomic mass is 9.87. The summed E-state index contributed by atoms with van der Waals surface area (Å²) in [6, 6.07) is 8.88. The summed E-state index contributed by atoms with van der Waals surface area (Å²) >= 11 is 6.11. The first-order valence-electron chi connectivity index (χ1n) is 11.5.